The van der Waals surface area contributed by atoms with E-state index in [4.69, 9.17) is 42.0 Å². The van der Waals surface area contributed by atoms with Crippen LogP contribution in [0.1, 0.15) is 88.0 Å². The van der Waals surface area contributed by atoms with Crippen molar-refractivity contribution in [3.8, 4) is 11.5 Å². The molecule has 1 fully saturated rings. The van der Waals surface area contributed by atoms with Gasteiger partial charge < -0.3 is 56.6 Å². The second-order valence-electron chi connectivity index (χ2n) is 15.4. The van der Waals surface area contributed by atoms with E-state index in [1.165, 1.54) is 62.8 Å². The van der Waals surface area contributed by atoms with Crippen LogP contribution in [0.4, 0.5) is 4.79 Å². The fraction of sp³-hybridized carbons (Fsp3) is 0.413. The Hall–Kier alpha value is -6.26. The molecule has 9 N–H and O–H groups in total. The van der Waals surface area contributed by atoms with Gasteiger partial charge in [0, 0.05) is 30.1 Å². The maximum absolute atomic E-state index is 14.2. The molecule has 0 saturated heterocycles. The highest BCUT2D eigenvalue weighted by Crippen LogP contribution is 2.41. The van der Waals surface area contributed by atoms with Crippen molar-refractivity contribution in [2.24, 2.45) is 17.4 Å². The average Bonchev–Trinajstić information content (AvgIpc) is 4.06. The first-order valence-electron chi connectivity index (χ1n) is 20.7. The van der Waals surface area contributed by atoms with Gasteiger partial charge in [0.15, 0.2) is 11.5 Å². The number of halogens is 1. The minimum absolute atomic E-state index is 0.000281. The van der Waals surface area contributed by atoms with Crippen LogP contribution in [0.2, 0.25) is 5.02 Å². The molecule has 2 aliphatic rings. The van der Waals surface area contributed by atoms with E-state index in [2.05, 4.69) is 36.0 Å². The molecule has 0 bridgehead atoms. The molecule has 5 amide bonds. The van der Waals surface area contributed by atoms with Gasteiger partial charge in [-0.3, -0.25) is 19.2 Å². The topological polar surface area (TPSA) is 251 Å². The van der Waals surface area contributed by atoms with Crippen molar-refractivity contribution in [3.05, 3.63) is 112 Å². The highest BCUT2D eigenvalue weighted by molar-refractivity contribution is 6.32. The third-order valence-electron chi connectivity index (χ3n) is 10.4. The van der Waals surface area contributed by atoms with Crippen LogP contribution in [0.25, 0.3) is 5.57 Å². The van der Waals surface area contributed by atoms with Crippen molar-refractivity contribution < 1.29 is 53.1 Å². The number of nitrogens with two attached hydrogens (primary N) is 2. The zero-order valence-corrected chi connectivity index (χ0v) is 36.8. The van der Waals surface area contributed by atoms with E-state index in [1.54, 1.807) is 6.92 Å². The van der Waals surface area contributed by atoms with Crippen molar-refractivity contribution in [2.45, 2.75) is 95.9 Å². The van der Waals surface area contributed by atoms with Gasteiger partial charge in [-0.05, 0) is 84.9 Å². The van der Waals surface area contributed by atoms with Crippen molar-refractivity contribution in [3.63, 3.8) is 0 Å². The number of ether oxygens (including phenoxy) is 4. The fourth-order valence-corrected chi connectivity index (χ4v) is 6.82. The number of carbonyl (C=O) groups excluding carboxylic acids is 5. The van der Waals surface area contributed by atoms with Gasteiger partial charge in [-0.25, -0.2) is 4.79 Å². The Kier molecular flexibility index (Phi) is 18.2. The summed E-state index contributed by atoms with van der Waals surface area (Å²) in [6.07, 6.45) is 4.34. The minimum atomic E-state index is -1.46. The van der Waals surface area contributed by atoms with Gasteiger partial charge in [-0.1, -0.05) is 63.1 Å². The first-order valence-corrected chi connectivity index (χ1v) is 21.1. The van der Waals surface area contributed by atoms with Gasteiger partial charge in [0.1, 0.15) is 29.4 Å². The maximum Gasteiger partial charge on any atom is 0.407 e. The van der Waals surface area contributed by atoms with Crippen molar-refractivity contribution in [1.82, 2.24) is 16.0 Å². The highest BCUT2D eigenvalue weighted by atomic mass is 35.5. The summed E-state index contributed by atoms with van der Waals surface area (Å²) in [4.78, 5) is 64.7. The molecular weight excluding hydrogens is 834 g/mol. The Morgan fingerprint density at radius 1 is 1.03 bits per heavy atom. The monoisotopic (exact) mass is 891 g/mol. The van der Waals surface area contributed by atoms with E-state index in [-0.39, 0.29) is 75.0 Å². The minimum Gasteiger partial charge on any atom is -0.507 e. The molecule has 16 nitrogen and oxygen atoms in total. The van der Waals surface area contributed by atoms with E-state index in [9.17, 15) is 34.2 Å². The van der Waals surface area contributed by atoms with Crippen molar-refractivity contribution in [2.75, 3.05) is 20.8 Å². The molecule has 2 aliphatic carbocycles. The summed E-state index contributed by atoms with van der Waals surface area (Å²) in [7, 11) is 2.76. The normalized spacial score (nSPS) is 16.4. The van der Waals surface area contributed by atoms with E-state index >= 15 is 0 Å². The molecule has 4 atom stereocenters. The molecular formula is C46H58ClN5O11. The number of benzene rings is 2. The Labute approximate surface area is 372 Å². The number of aliphatic hydroxyl groups is 1. The molecule has 0 heterocycles. The van der Waals surface area contributed by atoms with Gasteiger partial charge in [-0.2, -0.15) is 0 Å². The number of carbonyl (C=O) groups is 5. The Morgan fingerprint density at radius 2 is 1.76 bits per heavy atom. The molecule has 340 valence electrons. The van der Waals surface area contributed by atoms with Crippen LogP contribution in [0.15, 0.2) is 90.1 Å². The number of hydrogen-bond donors (Lipinski definition) is 7. The van der Waals surface area contributed by atoms with Crippen LogP contribution >= 0.6 is 11.6 Å². The van der Waals surface area contributed by atoms with Crippen LogP contribution in [0.5, 0.6) is 11.5 Å². The first kappa shape index (κ1) is 49.4. The predicted octanol–water partition coefficient (Wildman–Crippen LogP) is 5.42. The number of unbranched alkanes of at least 4 members (excludes halogenated alkanes) is 3. The molecule has 0 aliphatic heterocycles. The van der Waals surface area contributed by atoms with Crippen LogP contribution in [0, 0.1) is 5.92 Å². The predicted molar refractivity (Wildman–Crippen MR) is 237 cm³/mol. The number of methoxy groups -OCH3 is 2. The second-order valence-corrected chi connectivity index (χ2v) is 15.8. The Morgan fingerprint density at radius 3 is 2.38 bits per heavy atom. The fourth-order valence-electron chi connectivity index (χ4n) is 6.59. The lowest BCUT2D eigenvalue weighted by Gasteiger charge is -2.31. The lowest BCUT2D eigenvalue weighted by Crippen LogP contribution is -2.49. The molecule has 1 saturated carbocycles. The molecule has 0 spiro atoms. The average molecular weight is 892 g/mol. The number of allylic oxidation sites excluding steroid dienone is 1. The van der Waals surface area contributed by atoms with Gasteiger partial charge >= 0.3 is 6.09 Å². The van der Waals surface area contributed by atoms with Gasteiger partial charge in [0.25, 0.3) is 0 Å². The number of aliphatic hydroxyl groups excluding tert-OH is 1. The number of alkyl carbamates (subject to hydrolysis) is 1. The lowest BCUT2D eigenvalue weighted by atomic mass is 9.83. The van der Waals surface area contributed by atoms with Gasteiger partial charge in [-0.15, -0.1) is 0 Å². The number of phenols is 1. The summed E-state index contributed by atoms with van der Waals surface area (Å²) in [6, 6.07) is 7.17. The van der Waals surface area contributed by atoms with E-state index in [1.807, 2.05) is 0 Å². The molecule has 0 aromatic heterocycles. The number of nitrogens with one attached hydrogen (secondary N) is 3. The summed E-state index contributed by atoms with van der Waals surface area (Å²) in [5.41, 5.74) is 12.4. The number of rotatable bonds is 24. The smallest absolute Gasteiger partial charge is 0.407 e. The zero-order valence-electron chi connectivity index (χ0n) is 36.1. The molecule has 17 heteroatoms. The number of primary amides is 2. The largest absolute Gasteiger partial charge is 0.507 e. The standard InChI is InChI=1S/C46H58ClN5O11/c1-7-8-9-10-17-50-46(59)62-31-22-33(42(39(23-31)61-6)32-19-28(20-40(48)55)11-15-35(32)53)43(45(58)51-30-13-14-30)52-41(56)24-36(54)29-12-16-37(34(47)21-29)63-38(27(4)60-5)18-25(2)26(3)44(49)57/h11-12,15-16,18-19,21-22,26,30-31,36,43,53-54H,2,4,7-10,13-14,17,20,23-24H2,1,3,5-6H3,(H2,48,55)(H2,49,57)(H,50,59)(H,51,58)(H,52,56). The third-order valence-corrected chi connectivity index (χ3v) is 10.7. The number of phenolic OH excluding ortho intramolecular Hbond substituents is 1. The molecule has 4 unspecified atom stereocenters. The number of hydrogen-bond acceptors (Lipinski definition) is 11. The van der Waals surface area contributed by atoms with Crippen LogP contribution in [-0.4, -0.2) is 78.9 Å². The molecule has 0 radical (unpaired) electrons. The van der Waals surface area contributed by atoms with E-state index < -0.39 is 60.3 Å². The lowest BCUT2D eigenvalue weighted by molar-refractivity contribution is -0.129. The maximum atomic E-state index is 14.2. The molecule has 2 aromatic rings. The number of amides is 5. The van der Waals surface area contributed by atoms with Gasteiger partial charge in [0.05, 0.1) is 44.1 Å². The Bertz CT molecular complexity index is 2160. The molecule has 2 aromatic carbocycles. The summed E-state index contributed by atoms with van der Waals surface area (Å²) in [5.74, 6) is -2.99. The second kappa shape index (κ2) is 23.3. The quantitative estimate of drug-likeness (QED) is 0.0398. The summed E-state index contributed by atoms with van der Waals surface area (Å²) in [6.45, 7) is 11.7. The zero-order chi connectivity index (χ0) is 46.4. The van der Waals surface area contributed by atoms with Crippen LogP contribution in [-0.2, 0) is 39.8 Å². The van der Waals surface area contributed by atoms with E-state index in [0.29, 0.717) is 17.7 Å². The third kappa shape index (κ3) is 14.4. The van der Waals surface area contributed by atoms with E-state index in [0.717, 1.165) is 38.5 Å². The SMILES string of the molecule is C=C(OC)C(=CC(=C)C(C)C(N)=O)Oc1ccc(C(O)CC(=O)NC(C(=O)NC2CC2)C2=CC(OC(=O)NCCCCCC)CC(OC)=C2c2cc(CC(N)=O)ccc2O)cc1Cl. The van der Waals surface area contributed by atoms with Gasteiger partial charge in [0.2, 0.25) is 23.6 Å². The molecule has 63 heavy (non-hydrogen) atoms. The summed E-state index contributed by atoms with van der Waals surface area (Å²) < 4.78 is 22.8. The van der Waals surface area contributed by atoms with Crippen molar-refractivity contribution in [1.29, 1.82) is 0 Å². The highest BCUT2D eigenvalue weighted by Gasteiger charge is 2.38. The number of aromatic hydroxyl groups is 1. The summed E-state index contributed by atoms with van der Waals surface area (Å²) >= 11 is 6.59. The Balaban J connectivity index is 1.67. The van der Waals surface area contributed by atoms with Crippen LogP contribution < -0.4 is 32.2 Å². The first-order chi connectivity index (χ1) is 29.9. The van der Waals surface area contributed by atoms with Crippen LogP contribution in [0.3, 0.4) is 0 Å². The summed E-state index contributed by atoms with van der Waals surface area (Å²) in [5, 5.41) is 31.0. The van der Waals surface area contributed by atoms with Crippen molar-refractivity contribution >= 4 is 46.9 Å². The molecule has 4 rings (SSSR count).